The van der Waals surface area contributed by atoms with E-state index in [1.54, 1.807) is 0 Å². The lowest BCUT2D eigenvalue weighted by Gasteiger charge is -2.15. The molecule has 0 radical (unpaired) electrons. The maximum absolute atomic E-state index is 6.34. The average Bonchev–Trinajstić information content (AvgIpc) is 2.46. The van der Waals surface area contributed by atoms with Crippen LogP contribution < -0.4 is 10.5 Å². The fourth-order valence-corrected chi connectivity index (χ4v) is 2.42. The molecule has 0 fully saturated rings. The van der Waals surface area contributed by atoms with Crippen molar-refractivity contribution in [3.05, 3.63) is 64.2 Å². The number of halogens is 1. The second-order valence-corrected chi connectivity index (χ2v) is 5.47. The van der Waals surface area contributed by atoms with Crippen LogP contribution in [0.4, 0.5) is 0 Å². The highest BCUT2D eigenvalue weighted by Gasteiger charge is 2.11. The highest BCUT2D eigenvalue weighted by molar-refractivity contribution is 6.32. The second kappa shape index (κ2) is 6.78. The highest BCUT2D eigenvalue weighted by Crippen LogP contribution is 2.32. The van der Waals surface area contributed by atoms with E-state index < -0.39 is 0 Å². The zero-order valence-corrected chi connectivity index (χ0v) is 12.7. The van der Waals surface area contributed by atoms with Crippen LogP contribution in [-0.4, -0.2) is 6.54 Å². The lowest BCUT2D eigenvalue weighted by Crippen LogP contribution is -2.09. The van der Waals surface area contributed by atoms with Crippen molar-refractivity contribution in [1.82, 2.24) is 0 Å². The maximum atomic E-state index is 6.34. The van der Waals surface area contributed by atoms with E-state index in [2.05, 4.69) is 13.0 Å². The van der Waals surface area contributed by atoms with Crippen molar-refractivity contribution in [3.8, 4) is 5.75 Å². The van der Waals surface area contributed by atoms with Crippen LogP contribution in [0.5, 0.6) is 5.75 Å². The van der Waals surface area contributed by atoms with Crippen molar-refractivity contribution in [3.63, 3.8) is 0 Å². The third-order valence-electron chi connectivity index (χ3n) is 3.40. The van der Waals surface area contributed by atoms with E-state index in [1.807, 2.05) is 43.3 Å². The summed E-state index contributed by atoms with van der Waals surface area (Å²) < 4.78 is 5.86. The molecular weight excluding hydrogens is 270 g/mol. The predicted octanol–water partition coefficient (Wildman–Crippen LogP) is 4.29. The third kappa shape index (κ3) is 3.53. The first kappa shape index (κ1) is 14.9. The van der Waals surface area contributed by atoms with Crippen molar-refractivity contribution in [2.24, 2.45) is 5.73 Å². The van der Waals surface area contributed by atoms with Crippen molar-refractivity contribution in [1.29, 1.82) is 0 Å². The van der Waals surface area contributed by atoms with E-state index in [-0.39, 0.29) is 0 Å². The molecule has 0 aliphatic rings. The first-order valence-electron chi connectivity index (χ1n) is 6.78. The minimum absolute atomic E-state index is 0.300. The van der Waals surface area contributed by atoms with Crippen molar-refractivity contribution in [2.45, 2.75) is 26.4 Å². The molecule has 3 heteroatoms. The van der Waals surface area contributed by atoms with E-state index in [9.17, 15) is 0 Å². The molecule has 2 N–H and O–H groups in total. The average molecular weight is 290 g/mol. The van der Waals surface area contributed by atoms with Gasteiger partial charge in [0.15, 0.2) is 0 Å². The Hall–Kier alpha value is -1.51. The summed E-state index contributed by atoms with van der Waals surface area (Å²) >= 11 is 6.34. The number of rotatable bonds is 5. The van der Waals surface area contributed by atoms with E-state index in [4.69, 9.17) is 22.1 Å². The number of hydrogen-bond donors (Lipinski definition) is 1. The topological polar surface area (TPSA) is 35.2 Å². The van der Waals surface area contributed by atoms with Crippen molar-refractivity contribution < 1.29 is 4.74 Å². The van der Waals surface area contributed by atoms with Gasteiger partial charge in [0.1, 0.15) is 12.4 Å². The molecule has 1 unspecified atom stereocenters. The summed E-state index contributed by atoms with van der Waals surface area (Å²) in [5.41, 5.74) is 9.03. The SMILES string of the molecule is Cc1cc(C(C)CN)cc(Cl)c1OCc1ccccc1. The molecule has 0 saturated heterocycles. The fraction of sp³-hybridized carbons (Fsp3) is 0.294. The quantitative estimate of drug-likeness (QED) is 0.891. The van der Waals surface area contributed by atoms with Crippen LogP contribution in [0.25, 0.3) is 0 Å². The van der Waals surface area contributed by atoms with Gasteiger partial charge in [-0.25, -0.2) is 0 Å². The molecule has 2 rings (SSSR count). The Balaban J connectivity index is 2.16. The normalized spacial score (nSPS) is 12.2. The van der Waals surface area contributed by atoms with Crippen molar-refractivity contribution >= 4 is 11.6 Å². The zero-order chi connectivity index (χ0) is 14.5. The standard InChI is InChI=1S/C17H20ClNO/c1-12-8-15(13(2)10-19)9-16(18)17(12)20-11-14-6-4-3-5-7-14/h3-9,13H,10-11,19H2,1-2H3. The summed E-state index contributed by atoms with van der Waals surface area (Å²) in [6.07, 6.45) is 0. The molecule has 2 nitrogen and oxygen atoms in total. The van der Waals surface area contributed by atoms with Gasteiger partial charge in [0.25, 0.3) is 0 Å². The fourth-order valence-electron chi connectivity index (χ4n) is 2.09. The minimum atomic E-state index is 0.300. The van der Waals surface area contributed by atoms with Gasteiger partial charge in [-0.15, -0.1) is 0 Å². The van der Waals surface area contributed by atoms with Gasteiger partial charge in [-0.05, 0) is 42.1 Å². The molecule has 0 aliphatic carbocycles. The number of ether oxygens (including phenoxy) is 1. The molecule has 2 aromatic carbocycles. The second-order valence-electron chi connectivity index (χ2n) is 5.06. The number of benzene rings is 2. The van der Waals surface area contributed by atoms with Crippen LogP contribution >= 0.6 is 11.6 Å². The smallest absolute Gasteiger partial charge is 0.141 e. The molecule has 2 aromatic rings. The number of hydrogen-bond acceptors (Lipinski definition) is 2. The lowest BCUT2D eigenvalue weighted by molar-refractivity contribution is 0.304. The molecule has 106 valence electrons. The monoisotopic (exact) mass is 289 g/mol. The largest absolute Gasteiger partial charge is 0.487 e. The summed E-state index contributed by atoms with van der Waals surface area (Å²) in [4.78, 5) is 0. The molecule has 0 bridgehead atoms. The van der Waals surface area contributed by atoms with E-state index in [0.717, 1.165) is 22.4 Å². The van der Waals surface area contributed by atoms with Gasteiger partial charge in [0, 0.05) is 0 Å². The van der Waals surface area contributed by atoms with Crippen LogP contribution in [0, 0.1) is 6.92 Å². The molecule has 0 spiro atoms. The Bertz CT molecular complexity index is 545. The Labute approximate surface area is 125 Å². The molecular formula is C17H20ClNO. The maximum Gasteiger partial charge on any atom is 0.141 e. The summed E-state index contributed by atoms with van der Waals surface area (Å²) in [6, 6.07) is 14.1. The highest BCUT2D eigenvalue weighted by atomic mass is 35.5. The lowest BCUT2D eigenvalue weighted by atomic mass is 9.99. The van der Waals surface area contributed by atoms with Gasteiger partial charge in [-0.3, -0.25) is 0 Å². The first-order valence-corrected chi connectivity index (χ1v) is 7.16. The summed E-state index contributed by atoms with van der Waals surface area (Å²) in [7, 11) is 0. The van der Waals surface area contributed by atoms with Gasteiger partial charge >= 0.3 is 0 Å². The molecule has 0 heterocycles. The van der Waals surface area contributed by atoms with Crippen LogP contribution in [-0.2, 0) is 6.61 Å². The zero-order valence-electron chi connectivity index (χ0n) is 11.9. The Morgan fingerprint density at radius 2 is 1.90 bits per heavy atom. The molecule has 0 saturated carbocycles. The van der Waals surface area contributed by atoms with Gasteiger partial charge in [-0.2, -0.15) is 0 Å². The van der Waals surface area contributed by atoms with E-state index >= 15 is 0 Å². The molecule has 0 aliphatic heterocycles. The van der Waals surface area contributed by atoms with Gasteiger partial charge in [0.05, 0.1) is 5.02 Å². The number of aryl methyl sites for hydroxylation is 1. The van der Waals surface area contributed by atoms with Gasteiger partial charge < -0.3 is 10.5 Å². The van der Waals surface area contributed by atoms with Crippen LogP contribution in [0.1, 0.15) is 29.5 Å². The van der Waals surface area contributed by atoms with Gasteiger partial charge in [0.2, 0.25) is 0 Å². The Kier molecular flexibility index (Phi) is 5.05. The molecule has 0 aromatic heterocycles. The Morgan fingerprint density at radius 3 is 2.50 bits per heavy atom. The molecule has 20 heavy (non-hydrogen) atoms. The van der Waals surface area contributed by atoms with Crippen molar-refractivity contribution in [2.75, 3.05) is 6.54 Å². The van der Waals surface area contributed by atoms with Crippen LogP contribution in [0.3, 0.4) is 0 Å². The summed E-state index contributed by atoms with van der Waals surface area (Å²) in [5.74, 6) is 1.05. The van der Waals surface area contributed by atoms with E-state index in [1.165, 1.54) is 0 Å². The minimum Gasteiger partial charge on any atom is -0.487 e. The third-order valence-corrected chi connectivity index (χ3v) is 3.68. The number of nitrogens with two attached hydrogens (primary N) is 1. The van der Waals surface area contributed by atoms with Crippen LogP contribution in [0.15, 0.2) is 42.5 Å². The van der Waals surface area contributed by atoms with Crippen LogP contribution in [0.2, 0.25) is 5.02 Å². The summed E-state index contributed by atoms with van der Waals surface area (Å²) in [6.45, 7) is 5.24. The Morgan fingerprint density at radius 1 is 1.20 bits per heavy atom. The molecule has 0 amide bonds. The molecule has 1 atom stereocenters. The first-order chi connectivity index (χ1) is 9.61. The predicted molar refractivity (Wildman–Crippen MR) is 84.4 cm³/mol. The van der Waals surface area contributed by atoms with Gasteiger partial charge in [-0.1, -0.05) is 54.9 Å². The van der Waals surface area contributed by atoms with E-state index in [0.29, 0.717) is 24.1 Å². The summed E-state index contributed by atoms with van der Waals surface area (Å²) in [5, 5.41) is 0.649.